The summed E-state index contributed by atoms with van der Waals surface area (Å²) in [4.78, 5) is 36.4. The van der Waals surface area contributed by atoms with E-state index in [4.69, 9.17) is 9.47 Å². The summed E-state index contributed by atoms with van der Waals surface area (Å²) < 4.78 is 10.6. The van der Waals surface area contributed by atoms with Crippen LogP contribution in [-0.4, -0.2) is 55.0 Å². The van der Waals surface area contributed by atoms with E-state index < -0.39 is 29.6 Å². The summed E-state index contributed by atoms with van der Waals surface area (Å²) in [5.74, 6) is -1.82. The number of fused-ring (bicyclic) bond motifs is 3. The lowest BCUT2D eigenvalue weighted by molar-refractivity contribution is -0.149. The molecule has 0 spiro atoms. The summed E-state index contributed by atoms with van der Waals surface area (Å²) in [6.07, 6.45) is -0.884. The molecule has 0 saturated heterocycles. The second kappa shape index (κ2) is 10.5. The van der Waals surface area contributed by atoms with E-state index in [0.717, 1.165) is 22.3 Å². The monoisotopic (exact) mass is 454 g/mol. The van der Waals surface area contributed by atoms with Gasteiger partial charge >= 0.3 is 12.1 Å². The van der Waals surface area contributed by atoms with E-state index in [0.29, 0.717) is 6.42 Å². The van der Waals surface area contributed by atoms with Crippen molar-refractivity contribution in [3.05, 3.63) is 59.7 Å². The Morgan fingerprint density at radius 1 is 1.06 bits per heavy atom. The molecule has 0 bridgehead atoms. The van der Waals surface area contributed by atoms with Gasteiger partial charge in [-0.1, -0.05) is 61.9 Å². The van der Waals surface area contributed by atoms with Crippen LogP contribution in [-0.2, 0) is 19.1 Å². The summed E-state index contributed by atoms with van der Waals surface area (Å²) in [6.45, 7) is 3.28. The van der Waals surface area contributed by atoms with Crippen molar-refractivity contribution in [2.75, 3.05) is 20.3 Å². The first-order chi connectivity index (χ1) is 15.8. The largest absolute Gasteiger partial charge is 0.480 e. The number of hydrogen-bond acceptors (Lipinski definition) is 5. The molecule has 0 radical (unpaired) electrons. The second-order valence-corrected chi connectivity index (χ2v) is 8.31. The first-order valence-corrected chi connectivity index (χ1v) is 11.0. The highest BCUT2D eigenvalue weighted by atomic mass is 16.5. The topological polar surface area (TPSA) is 114 Å². The minimum atomic E-state index is -1.41. The maximum atomic E-state index is 12.5. The van der Waals surface area contributed by atoms with Crippen LogP contribution in [0, 0.1) is 0 Å². The molecule has 2 amide bonds. The molecule has 0 heterocycles. The molecule has 33 heavy (non-hydrogen) atoms. The molecule has 2 atom stereocenters. The Labute approximate surface area is 193 Å². The number of carboxylic acid groups (broad SMARTS) is 1. The smallest absolute Gasteiger partial charge is 0.407 e. The molecule has 1 aliphatic carbocycles. The Morgan fingerprint density at radius 3 is 2.15 bits per heavy atom. The molecule has 176 valence electrons. The Hall–Kier alpha value is -3.39. The maximum absolute atomic E-state index is 12.5. The Bertz CT molecular complexity index is 978. The number of hydrogen-bond donors (Lipinski definition) is 3. The minimum absolute atomic E-state index is 0.0741. The summed E-state index contributed by atoms with van der Waals surface area (Å²) in [7, 11) is 1.32. The Kier molecular flexibility index (Phi) is 7.71. The molecule has 0 saturated carbocycles. The summed E-state index contributed by atoms with van der Waals surface area (Å²) in [5.41, 5.74) is 3.06. The van der Waals surface area contributed by atoms with Crippen LogP contribution < -0.4 is 10.6 Å². The molecule has 8 heteroatoms. The predicted octanol–water partition coefficient (Wildman–Crippen LogP) is 3.30. The zero-order chi connectivity index (χ0) is 24.0. The molecular weight excluding hydrogens is 424 g/mol. The molecule has 2 aromatic rings. The Morgan fingerprint density at radius 2 is 1.64 bits per heavy atom. The van der Waals surface area contributed by atoms with Crippen LogP contribution in [0.1, 0.15) is 43.7 Å². The van der Waals surface area contributed by atoms with Gasteiger partial charge < -0.3 is 25.2 Å². The first kappa shape index (κ1) is 24.3. The SMILES string of the molecule is CCCC(C)(NC(=O)C(CNC(=O)OCC1c2ccccc2-c2ccccc21)OC)C(=O)O. The highest BCUT2D eigenvalue weighted by molar-refractivity contribution is 5.89. The standard InChI is InChI=1S/C25H30N2O6/c1-4-13-25(2,23(29)30)27-22(28)21(32-3)14-26-24(31)33-15-20-18-11-7-5-9-16(18)17-10-6-8-12-19(17)20/h5-12,20-21H,4,13-15H2,1-3H3,(H,26,31)(H,27,28)(H,29,30). The average Bonchev–Trinajstić information content (AvgIpc) is 3.12. The quantitative estimate of drug-likeness (QED) is 0.508. The molecule has 8 nitrogen and oxygen atoms in total. The Balaban J connectivity index is 1.57. The first-order valence-electron chi connectivity index (χ1n) is 11.0. The number of benzene rings is 2. The minimum Gasteiger partial charge on any atom is -0.480 e. The van der Waals surface area contributed by atoms with Gasteiger partial charge in [0, 0.05) is 13.0 Å². The molecular formula is C25H30N2O6. The number of aliphatic carboxylic acids is 1. The third kappa shape index (κ3) is 5.34. The van der Waals surface area contributed by atoms with Crippen LogP contribution in [0.4, 0.5) is 4.79 Å². The van der Waals surface area contributed by atoms with Crippen molar-refractivity contribution in [1.29, 1.82) is 0 Å². The third-order valence-corrected chi connectivity index (χ3v) is 5.97. The van der Waals surface area contributed by atoms with E-state index in [2.05, 4.69) is 22.8 Å². The van der Waals surface area contributed by atoms with Gasteiger partial charge in [-0.2, -0.15) is 0 Å². The second-order valence-electron chi connectivity index (χ2n) is 8.31. The fraction of sp³-hybridized carbons (Fsp3) is 0.400. The van der Waals surface area contributed by atoms with Crippen molar-refractivity contribution in [3.8, 4) is 11.1 Å². The van der Waals surface area contributed by atoms with Gasteiger partial charge in [0.2, 0.25) is 0 Å². The van der Waals surface area contributed by atoms with E-state index in [1.807, 2.05) is 43.3 Å². The summed E-state index contributed by atoms with van der Waals surface area (Å²) in [6, 6.07) is 16.1. The number of methoxy groups -OCH3 is 1. The van der Waals surface area contributed by atoms with Crippen LogP contribution >= 0.6 is 0 Å². The van der Waals surface area contributed by atoms with Gasteiger partial charge in [-0.25, -0.2) is 9.59 Å². The van der Waals surface area contributed by atoms with Crippen molar-refractivity contribution in [2.24, 2.45) is 0 Å². The van der Waals surface area contributed by atoms with E-state index >= 15 is 0 Å². The van der Waals surface area contributed by atoms with Crippen LogP contribution in [0.2, 0.25) is 0 Å². The summed E-state index contributed by atoms with van der Waals surface area (Å²) in [5, 5.41) is 14.5. The van der Waals surface area contributed by atoms with Crippen LogP contribution in [0.25, 0.3) is 11.1 Å². The number of ether oxygens (including phenoxy) is 2. The van der Waals surface area contributed by atoms with E-state index in [9.17, 15) is 19.5 Å². The number of carboxylic acids is 1. The maximum Gasteiger partial charge on any atom is 0.407 e. The number of carbonyl (C=O) groups is 3. The lowest BCUT2D eigenvalue weighted by Crippen LogP contribution is -2.56. The van der Waals surface area contributed by atoms with Gasteiger partial charge in [-0.05, 0) is 35.6 Å². The molecule has 2 unspecified atom stereocenters. The number of rotatable bonds is 10. The lowest BCUT2D eigenvalue weighted by Gasteiger charge is -2.28. The molecule has 3 N–H and O–H groups in total. The fourth-order valence-corrected chi connectivity index (χ4v) is 4.18. The zero-order valence-corrected chi connectivity index (χ0v) is 19.1. The van der Waals surface area contributed by atoms with Crippen molar-refractivity contribution in [1.82, 2.24) is 10.6 Å². The van der Waals surface area contributed by atoms with Crippen molar-refractivity contribution in [2.45, 2.75) is 44.2 Å². The van der Waals surface area contributed by atoms with E-state index in [1.165, 1.54) is 14.0 Å². The predicted molar refractivity (Wildman–Crippen MR) is 123 cm³/mol. The van der Waals surface area contributed by atoms with Crippen molar-refractivity contribution < 1.29 is 29.0 Å². The van der Waals surface area contributed by atoms with Gasteiger partial charge in [0.25, 0.3) is 5.91 Å². The fourth-order valence-electron chi connectivity index (χ4n) is 4.18. The van der Waals surface area contributed by atoms with E-state index in [-0.39, 0.29) is 25.5 Å². The highest BCUT2D eigenvalue weighted by Gasteiger charge is 2.36. The third-order valence-electron chi connectivity index (χ3n) is 5.97. The number of alkyl carbamates (subject to hydrolysis) is 1. The molecule has 0 aliphatic heterocycles. The van der Waals surface area contributed by atoms with Gasteiger partial charge in [-0.15, -0.1) is 0 Å². The van der Waals surface area contributed by atoms with Crippen molar-refractivity contribution in [3.63, 3.8) is 0 Å². The number of nitrogens with one attached hydrogen (secondary N) is 2. The number of carbonyl (C=O) groups excluding carboxylic acids is 2. The van der Waals surface area contributed by atoms with Gasteiger partial charge in [0.1, 0.15) is 12.1 Å². The van der Waals surface area contributed by atoms with Gasteiger partial charge in [0.15, 0.2) is 6.10 Å². The molecule has 1 aliphatic rings. The number of amides is 2. The van der Waals surface area contributed by atoms with Crippen LogP contribution in [0.3, 0.4) is 0 Å². The highest BCUT2D eigenvalue weighted by Crippen LogP contribution is 2.44. The van der Waals surface area contributed by atoms with E-state index in [1.54, 1.807) is 0 Å². The normalized spacial score (nSPS) is 15.0. The molecule has 3 rings (SSSR count). The van der Waals surface area contributed by atoms with Gasteiger partial charge in [-0.3, -0.25) is 4.79 Å². The lowest BCUT2D eigenvalue weighted by atomic mass is 9.96. The molecule has 0 fully saturated rings. The van der Waals surface area contributed by atoms with Gasteiger partial charge in [0.05, 0.1) is 6.54 Å². The molecule has 2 aromatic carbocycles. The van der Waals surface area contributed by atoms with Crippen molar-refractivity contribution >= 4 is 18.0 Å². The zero-order valence-electron chi connectivity index (χ0n) is 19.1. The molecule has 0 aromatic heterocycles. The summed E-state index contributed by atoms with van der Waals surface area (Å²) >= 11 is 0. The van der Waals surface area contributed by atoms with Crippen LogP contribution in [0.15, 0.2) is 48.5 Å². The average molecular weight is 455 g/mol. The van der Waals surface area contributed by atoms with Crippen LogP contribution in [0.5, 0.6) is 0 Å².